The molecule has 0 bridgehead atoms. The first kappa shape index (κ1) is 15.2. The van der Waals surface area contributed by atoms with Crippen LogP contribution < -0.4 is 15.2 Å². The highest BCUT2D eigenvalue weighted by Crippen LogP contribution is 2.26. The van der Waals surface area contributed by atoms with Gasteiger partial charge in [0.25, 0.3) is 0 Å². The molecule has 0 saturated carbocycles. The van der Waals surface area contributed by atoms with E-state index in [1.807, 2.05) is 36.4 Å². The lowest BCUT2D eigenvalue weighted by Gasteiger charge is -2.12. The lowest BCUT2D eigenvalue weighted by Crippen LogP contribution is -2.17. The summed E-state index contributed by atoms with van der Waals surface area (Å²) in [7, 11) is 0. The second-order valence-corrected chi connectivity index (χ2v) is 4.96. The van der Waals surface area contributed by atoms with Crippen molar-refractivity contribution in [2.24, 2.45) is 10.9 Å². The molecule has 3 N–H and O–H groups in total. The summed E-state index contributed by atoms with van der Waals surface area (Å²) < 4.78 is 11.9. The van der Waals surface area contributed by atoms with Gasteiger partial charge in [-0.2, -0.15) is 0 Å². The van der Waals surface area contributed by atoms with Crippen molar-refractivity contribution in [2.45, 2.75) is 0 Å². The minimum absolute atomic E-state index is 0.0125. The average molecular weight is 351 g/mol. The first-order chi connectivity index (χ1) is 10.2. The van der Waals surface area contributed by atoms with Crippen molar-refractivity contribution in [3.63, 3.8) is 0 Å². The summed E-state index contributed by atoms with van der Waals surface area (Å²) in [5.41, 5.74) is 6.16. The van der Waals surface area contributed by atoms with Crippen LogP contribution in [0, 0.1) is 0 Å². The Morgan fingerprint density at radius 3 is 2.48 bits per heavy atom. The zero-order valence-corrected chi connectivity index (χ0v) is 12.8. The zero-order chi connectivity index (χ0) is 15.1. The minimum atomic E-state index is -0.0125. The van der Waals surface area contributed by atoms with Crippen molar-refractivity contribution >= 4 is 21.8 Å². The predicted molar refractivity (Wildman–Crippen MR) is 84.1 cm³/mol. The lowest BCUT2D eigenvalue weighted by molar-refractivity contribution is 0.216. The number of benzene rings is 2. The Bertz CT molecular complexity index is 618. The number of para-hydroxylation sites is 1. The Hall–Kier alpha value is -2.21. The molecule has 0 aromatic heterocycles. The molecule has 0 aliphatic carbocycles. The predicted octanol–water partition coefficient (Wildman–Crippen LogP) is 3.00. The van der Waals surface area contributed by atoms with Gasteiger partial charge in [0.05, 0.1) is 5.56 Å². The fourth-order valence-electron chi connectivity index (χ4n) is 1.75. The summed E-state index contributed by atoms with van der Waals surface area (Å²) in [4.78, 5) is 0. The highest BCUT2D eigenvalue weighted by Gasteiger charge is 2.12. The molecule has 0 aliphatic heterocycles. The van der Waals surface area contributed by atoms with Gasteiger partial charge in [-0.1, -0.05) is 29.4 Å². The van der Waals surface area contributed by atoms with Gasteiger partial charge >= 0.3 is 0 Å². The van der Waals surface area contributed by atoms with Crippen LogP contribution in [0.1, 0.15) is 5.56 Å². The summed E-state index contributed by atoms with van der Waals surface area (Å²) in [6.45, 7) is 0.739. The van der Waals surface area contributed by atoms with Gasteiger partial charge in [0.15, 0.2) is 5.84 Å². The van der Waals surface area contributed by atoms with Gasteiger partial charge in [-0.05, 0) is 40.2 Å². The van der Waals surface area contributed by atoms with Crippen LogP contribution in [-0.2, 0) is 0 Å². The second kappa shape index (κ2) is 7.54. The van der Waals surface area contributed by atoms with Crippen LogP contribution in [0.2, 0.25) is 0 Å². The van der Waals surface area contributed by atoms with E-state index in [2.05, 4.69) is 21.1 Å². The largest absolute Gasteiger partial charge is 0.490 e. The molecule has 0 atom stereocenters. The number of amidine groups is 1. The molecule has 2 rings (SSSR count). The SMILES string of the molecule is N/C(=N/O)c1c(Br)cccc1OCCOc1ccccc1. The van der Waals surface area contributed by atoms with E-state index in [-0.39, 0.29) is 5.84 Å². The number of hydrogen-bond acceptors (Lipinski definition) is 4. The van der Waals surface area contributed by atoms with Crippen molar-refractivity contribution in [3.05, 3.63) is 58.6 Å². The Labute approximate surface area is 131 Å². The van der Waals surface area contributed by atoms with Crippen molar-refractivity contribution in [1.29, 1.82) is 0 Å². The highest BCUT2D eigenvalue weighted by atomic mass is 79.9. The van der Waals surface area contributed by atoms with Gasteiger partial charge < -0.3 is 20.4 Å². The normalized spacial score (nSPS) is 11.2. The van der Waals surface area contributed by atoms with E-state index in [9.17, 15) is 0 Å². The van der Waals surface area contributed by atoms with Crippen molar-refractivity contribution in [3.8, 4) is 11.5 Å². The number of oxime groups is 1. The van der Waals surface area contributed by atoms with Crippen LogP contribution in [0.4, 0.5) is 0 Å². The van der Waals surface area contributed by atoms with E-state index in [4.69, 9.17) is 20.4 Å². The summed E-state index contributed by atoms with van der Waals surface area (Å²) in [6.07, 6.45) is 0. The molecule has 0 fully saturated rings. The number of rotatable bonds is 6. The first-order valence-corrected chi connectivity index (χ1v) is 7.08. The van der Waals surface area contributed by atoms with E-state index in [0.717, 1.165) is 5.75 Å². The second-order valence-electron chi connectivity index (χ2n) is 4.11. The quantitative estimate of drug-likeness (QED) is 0.276. The van der Waals surface area contributed by atoms with Crippen molar-refractivity contribution in [2.75, 3.05) is 13.2 Å². The number of halogens is 1. The van der Waals surface area contributed by atoms with Gasteiger partial charge in [0.2, 0.25) is 0 Å². The minimum Gasteiger partial charge on any atom is -0.490 e. The molecule has 0 spiro atoms. The molecule has 0 heterocycles. The highest BCUT2D eigenvalue weighted by molar-refractivity contribution is 9.10. The Kier molecular flexibility index (Phi) is 5.45. The fraction of sp³-hybridized carbons (Fsp3) is 0.133. The lowest BCUT2D eigenvalue weighted by atomic mass is 10.2. The Balaban J connectivity index is 1.96. The van der Waals surface area contributed by atoms with Crippen LogP contribution in [0.15, 0.2) is 58.2 Å². The number of nitrogens with zero attached hydrogens (tertiary/aromatic N) is 1. The van der Waals surface area contributed by atoms with Crippen LogP contribution in [0.25, 0.3) is 0 Å². The molecule has 110 valence electrons. The molecule has 0 amide bonds. The topological polar surface area (TPSA) is 77.1 Å². The molecule has 2 aromatic rings. The van der Waals surface area contributed by atoms with E-state index in [1.54, 1.807) is 12.1 Å². The molecular formula is C15H15BrN2O3. The van der Waals surface area contributed by atoms with E-state index < -0.39 is 0 Å². The molecule has 2 aromatic carbocycles. The number of nitrogens with two attached hydrogens (primary N) is 1. The first-order valence-electron chi connectivity index (χ1n) is 6.29. The van der Waals surface area contributed by atoms with Gasteiger partial charge in [0, 0.05) is 4.47 Å². The summed E-state index contributed by atoms with van der Waals surface area (Å²) >= 11 is 3.35. The fourth-order valence-corrected chi connectivity index (χ4v) is 2.30. The summed E-state index contributed by atoms with van der Waals surface area (Å²) in [5, 5.41) is 11.8. The standard InChI is InChI=1S/C15H15BrN2O3/c16-12-7-4-8-13(14(12)15(17)18-19)21-10-9-20-11-5-2-1-3-6-11/h1-8,19H,9-10H2,(H2,17,18). The summed E-state index contributed by atoms with van der Waals surface area (Å²) in [6, 6.07) is 14.8. The van der Waals surface area contributed by atoms with Gasteiger partial charge in [0.1, 0.15) is 24.7 Å². The molecular weight excluding hydrogens is 336 g/mol. The number of ether oxygens (including phenoxy) is 2. The smallest absolute Gasteiger partial charge is 0.174 e. The van der Waals surface area contributed by atoms with E-state index >= 15 is 0 Å². The molecule has 0 aliphatic rings. The molecule has 0 radical (unpaired) electrons. The maximum Gasteiger partial charge on any atom is 0.174 e. The van der Waals surface area contributed by atoms with Crippen LogP contribution in [0.3, 0.4) is 0 Å². The average Bonchev–Trinajstić information content (AvgIpc) is 2.52. The molecule has 6 heteroatoms. The van der Waals surface area contributed by atoms with E-state index in [0.29, 0.717) is 29.0 Å². The van der Waals surface area contributed by atoms with Gasteiger partial charge in [-0.25, -0.2) is 0 Å². The van der Waals surface area contributed by atoms with E-state index in [1.165, 1.54) is 0 Å². The van der Waals surface area contributed by atoms with Crippen LogP contribution in [-0.4, -0.2) is 24.3 Å². The molecule has 0 unspecified atom stereocenters. The number of hydrogen-bond donors (Lipinski definition) is 2. The summed E-state index contributed by atoms with van der Waals surface area (Å²) in [5.74, 6) is 1.30. The molecule has 0 saturated heterocycles. The third-order valence-electron chi connectivity index (χ3n) is 2.69. The van der Waals surface area contributed by atoms with Crippen LogP contribution in [0.5, 0.6) is 11.5 Å². The molecule has 21 heavy (non-hydrogen) atoms. The molecule has 5 nitrogen and oxygen atoms in total. The van der Waals surface area contributed by atoms with Crippen molar-refractivity contribution < 1.29 is 14.7 Å². The third-order valence-corrected chi connectivity index (χ3v) is 3.35. The van der Waals surface area contributed by atoms with Gasteiger partial charge in [-0.15, -0.1) is 0 Å². The van der Waals surface area contributed by atoms with Crippen LogP contribution >= 0.6 is 15.9 Å². The Morgan fingerprint density at radius 2 is 1.76 bits per heavy atom. The Morgan fingerprint density at radius 1 is 1.05 bits per heavy atom. The third kappa shape index (κ3) is 4.13. The maximum absolute atomic E-state index is 8.82. The van der Waals surface area contributed by atoms with Crippen molar-refractivity contribution in [1.82, 2.24) is 0 Å². The van der Waals surface area contributed by atoms with Gasteiger partial charge in [-0.3, -0.25) is 0 Å². The monoisotopic (exact) mass is 350 g/mol. The maximum atomic E-state index is 8.82. The zero-order valence-electron chi connectivity index (χ0n) is 11.2.